The number of ether oxygens (including phenoxy) is 1. The van der Waals surface area contributed by atoms with E-state index in [0.29, 0.717) is 0 Å². The Labute approximate surface area is 97.2 Å². The molecule has 1 aromatic carbocycles. The summed E-state index contributed by atoms with van der Waals surface area (Å²) < 4.78 is 5.65. The van der Waals surface area contributed by atoms with Gasteiger partial charge < -0.3 is 15.6 Å². The lowest BCUT2D eigenvalue weighted by Crippen LogP contribution is -1.99. The van der Waals surface area contributed by atoms with Crippen LogP contribution in [-0.2, 0) is 0 Å². The SMILES string of the molecule is Cc1cc(N)ccc1OCCCCCCO. The first kappa shape index (κ1) is 12.8. The number of nitrogen functional groups attached to an aromatic ring is 1. The maximum absolute atomic E-state index is 8.62. The second-order valence-corrected chi connectivity index (χ2v) is 4.01. The van der Waals surface area contributed by atoms with Gasteiger partial charge in [0.15, 0.2) is 0 Å². The van der Waals surface area contributed by atoms with Crippen LogP contribution in [0.4, 0.5) is 5.69 Å². The summed E-state index contributed by atoms with van der Waals surface area (Å²) in [5.74, 6) is 0.913. The van der Waals surface area contributed by atoms with E-state index in [4.69, 9.17) is 15.6 Å². The predicted molar refractivity (Wildman–Crippen MR) is 66.6 cm³/mol. The molecule has 0 bridgehead atoms. The first-order valence-corrected chi connectivity index (χ1v) is 5.84. The van der Waals surface area contributed by atoms with Crippen LogP contribution < -0.4 is 10.5 Å². The molecule has 1 rings (SSSR count). The summed E-state index contributed by atoms with van der Waals surface area (Å²) in [7, 11) is 0. The van der Waals surface area contributed by atoms with Crippen molar-refractivity contribution >= 4 is 5.69 Å². The summed E-state index contributed by atoms with van der Waals surface area (Å²) in [6.45, 7) is 3.02. The molecular formula is C13H21NO2. The zero-order valence-electron chi connectivity index (χ0n) is 9.91. The molecule has 90 valence electrons. The number of benzene rings is 1. The molecule has 16 heavy (non-hydrogen) atoms. The van der Waals surface area contributed by atoms with E-state index >= 15 is 0 Å². The molecule has 0 atom stereocenters. The fraction of sp³-hybridized carbons (Fsp3) is 0.538. The molecule has 0 radical (unpaired) electrons. The van der Waals surface area contributed by atoms with Crippen LogP contribution in [0.15, 0.2) is 18.2 Å². The number of anilines is 1. The second-order valence-electron chi connectivity index (χ2n) is 4.01. The number of aryl methyl sites for hydroxylation is 1. The van der Waals surface area contributed by atoms with E-state index in [1.165, 1.54) is 0 Å². The minimum Gasteiger partial charge on any atom is -0.493 e. The van der Waals surface area contributed by atoms with Crippen LogP contribution in [0.2, 0.25) is 0 Å². The topological polar surface area (TPSA) is 55.5 Å². The van der Waals surface area contributed by atoms with Crippen LogP contribution in [0.3, 0.4) is 0 Å². The number of hydrogen-bond donors (Lipinski definition) is 2. The molecule has 0 aliphatic rings. The van der Waals surface area contributed by atoms with Crippen molar-refractivity contribution in [1.82, 2.24) is 0 Å². The highest BCUT2D eigenvalue weighted by atomic mass is 16.5. The monoisotopic (exact) mass is 223 g/mol. The van der Waals surface area contributed by atoms with Gasteiger partial charge in [0, 0.05) is 12.3 Å². The van der Waals surface area contributed by atoms with Crippen LogP contribution in [0.1, 0.15) is 31.2 Å². The molecule has 0 unspecified atom stereocenters. The fourth-order valence-corrected chi connectivity index (χ4v) is 1.58. The molecular weight excluding hydrogens is 202 g/mol. The number of aliphatic hydroxyl groups is 1. The predicted octanol–water partition coefficient (Wildman–Crippen LogP) is 2.51. The van der Waals surface area contributed by atoms with Crippen molar-refractivity contribution in [3.63, 3.8) is 0 Å². The van der Waals surface area contributed by atoms with Gasteiger partial charge >= 0.3 is 0 Å². The Balaban J connectivity index is 2.21. The normalized spacial score (nSPS) is 10.4. The van der Waals surface area contributed by atoms with Gasteiger partial charge in [-0.15, -0.1) is 0 Å². The molecule has 3 N–H and O–H groups in total. The standard InChI is InChI=1S/C13H21NO2/c1-11-10-12(14)6-7-13(11)16-9-5-3-2-4-8-15/h6-7,10,15H,2-5,8-9,14H2,1H3. The van der Waals surface area contributed by atoms with Crippen molar-refractivity contribution in [3.8, 4) is 5.75 Å². The highest BCUT2D eigenvalue weighted by Crippen LogP contribution is 2.20. The number of aliphatic hydroxyl groups excluding tert-OH is 1. The molecule has 0 fully saturated rings. The molecule has 0 aliphatic heterocycles. The molecule has 0 amide bonds. The summed E-state index contributed by atoms with van der Waals surface area (Å²) in [5.41, 5.74) is 7.51. The van der Waals surface area contributed by atoms with Crippen molar-refractivity contribution in [2.24, 2.45) is 0 Å². The van der Waals surface area contributed by atoms with Crippen LogP contribution in [0.25, 0.3) is 0 Å². The van der Waals surface area contributed by atoms with Crippen LogP contribution in [0.5, 0.6) is 5.75 Å². The van der Waals surface area contributed by atoms with E-state index in [1.54, 1.807) is 0 Å². The number of hydrogen-bond acceptors (Lipinski definition) is 3. The summed E-state index contributed by atoms with van der Waals surface area (Å²) in [6.07, 6.45) is 4.10. The maximum atomic E-state index is 8.62. The van der Waals surface area contributed by atoms with Crippen molar-refractivity contribution in [2.45, 2.75) is 32.6 Å². The smallest absolute Gasteiger partial charge is 0.122 e. The minimum atomic E-state index is 0.290. The van der Waals surface area contributed by atoms with E-state index in [1.807, 2.05) is 25.1 Å². The zero-order chi connectivity index (χ0) is 11.8. The highest BCUT2D eigenvalue weighted by molar-refractivity contribution is 5.47. The first-order chi connectivity index (χ1) is 7.74. The van der Waals surface area contributed by atoms with Crippen molar-refractivity contribution in [3.05, 3.63) is 23.8 Å². The van der Waals surface area contributed by atoms with E-state index in [9.17, 15) is 0 Å². The zero-order valence-corrected chi connectivity index (χ0v) is 9.91. The Morgan fingerprint density at radius 3 is 2.62 bits per heavy atom. The molecule has 0 aromatic heterocycles. The summed E-state index contributed by atoms with van der Waals surface area (Å²) >= 11 is 0. The van der Waals surface area contributed by atoms with Gasteiger partial charge in [-0.3, -0.25) is 0 Å². The van der Waals surface area contributed by atoms with Gasteiger partial charge in [0.05, 0.1) is 6.61 Å². The Hall–Kier alpha value is -1.22. The second kappa shape index (κ2) is 7.12. The maximum Gasteiger partial charge on any atom is 0.122 e. The lowest BCUT2D eigenvalue weighted by Gasteiger charge is -2.09. The molecule has 0 spiro atoms. The lowest BCUT2D eigenvalue weighted by atomic mass is 10.2. The molecule has 0 aliphatic carbocycles. The number of rotatable bonds is 7. The summed E-state index contributed by atoms with van der Waals surface area (Å²) in [6, 6.07) is 5.69. The summed E-state index contributed by atoms with van der Waals surface area (Å²) in [4.78, 5) is 0. The largest absolute Gasteiger partial charge is 0.493 e. The van der Waals surface area contributed by atoms with Gasteiger partial charge in [0.25, 0.3) is 0 Å². The van der Waals surface area contributed by atoms with Crippen LogP contribution in [-0.4, -0.2) is 18.3 Å². The Morgan fingerprint density at radius 2 is 1.94 bits per heavy atom. The van der Waals surface area contributed by atoms with Gasteiger partial charge in [-0.2, -0.15) is 0 Å². The number of nitrogens with two attached hydrogens (primary N) is 1. The third kappa shape index (κ3) is 4.53. The van der Waals surface area contributed by atoms with E-state index in [-0.39, 0.29) is 6.61 Å². The fourth-order valence-electron chi connectivity index (χ4n) is 1.58. The third-order valence-electron chi connectivity index (χ3n) is 2.51. The Bertz CT molecular complexity index is 313. The van der Waals surface area contributed by atoms with Crippen molar-refractivity contribution in [1.29, 1.82) is 0 Å². The van der Waals surface area contributed by atoms with Gasteiger partial charge in [-0.25, -0.2) is 0 Å². The third-order valence-corrected chi connectivity index (χ3v) is 2.51. The first-order valence-electron chi connectivity index (χ1n) is 5.84. The molecule has 3 heteroatoms. The molecule has 0 saturated carbocycles. The summed E-state index contributed by atoms with van der Waals surface area (Å²) in [5, 5.41) is 8.62. The van der Waals surface area contributed by atoms with E-state index < -0.39 is 0 Å². The Morgan fingerprint density at radius 1 is 1.19 bits per heavy atom. The van der Waals surface area contributed by atoms with Crippen LogP contribution in [0, 0.1) is 6.92 Å². The van der Waals surface area contributed by atoms with Crippen molar-refractivity contribution in [2.75, 3.05) is 18.9 Å². The van der Waals surface area contributed by atoms with Crippen molar-refractivity contribution < 1.29 is 9.84 Å². The van der Waals surface area contributed by atoms with Crippen LogP contribution >= 0.6 is 0 Å². The van der Waals surface area contributed by atoms with Gasteiger partial charge in [-0.05, 0) is 49.9 Å². The quantitative estimate of drug-likeness (QED) is 0.551. The lowest BCUT2D eigenvalue weighted by molar-refractivity contribution is 0.273. The van der Waals surface area contributed by atoms with E-state index in [2.05, 4.69) is 0 Å². The Kier molecular flexibility index (Phi) is 5.72. The van der Waals surface area contributed by atoms with Gasteiger partial charge in [0.2, 0.25) is 0 Å². The molecule has 0 heterocycles. The minimum absolute atomic E-state index is 0.290. The molecule has 3 nitrogen and oxygen atoms in total. The number of unbranched alkanes of at least 4 members (excludes halogenated alkanes) is 3. The average Bonchev–Trinajstić information content (AvgIpc) is 2.26. The average molecular weight is 223 g/mol. The van der Waals surface area contributed by atoms with E-state index in [0.717, 1.165) is 49.3 Å². The van der Waals surface area contributed by atoms with Gasteiger partial charge in [0.1, 0.15) is 5.75 Å². The highest BCUT2D eigenvalue weighted by Gasteiger charge is 1.99. The molecule has 0 saturated heterocycles. The molecule has 1 aromatic rings. The van der Waals surface area contributed by atoms with Gasteiger partial charge in [-0.1, -0.05) is 6.42 Å².